The first-order valence-electron chi connectivity index (χ1n) is 6.26. The van der Waals surface area contributed by atoms with Crippen molar-refractivity contribution < 1.29 is 9.53 Å². The number of aryl methyl sites for hydroxylation is 1. The molecule has 100 valence electrons. The van der Waals surface area contributed by atoms with Gasteiger partial charge in [0.05, 0.1) is 24.9 Å². The van der Waals surface area contributed by atoms with E-state index in [9.17, 15) is 4.79 Å². The summed E-state index contributed by atoms with van der Waals surface area (Å²) in [5.74, 6) is 0.0235. The minimum Gasteiger partial charge on any atom is -0.377 e. The number of morpholine rings is 1. The summed E-state index contributed by atoms with van der Waals surface area (Å²) < 4.78 is 7.32. The molecule has 1 atom stereocenters. The third kappa shape index (κ3) is 2.15. The second-order valence-electron chi connectivity index (χ2n) is 4.61. The normalized spacial score (nSPS) is 19.6. The largest absolute Gasteiger partial charge is 0.377 e. The molecule has 1 aliphatic rings. The van der Waals surface area contributed by atoms with Gasteiger partial charge in [-0.05, 0) is 18.2 Å². The third-order valence-electron chi connectivity index (χ3n) is 3.43. The van der Waals surface area contributed by atoms with Gasteiger partial charge in [0.1, 0.15) is 5.69 Å². The third-order valence-corrected chi connectivity index (χ3v) is 3.43. The van der Waals surface area contributed by atoms with Crippen molar-refractivity contribution in [1.82, 2.24) is 19.7 Å². The summed E-state index contributed by atoms with van der Waals surface area (Å²) in [6.07, 6.45) is 3.56. The molecule has 6 heteroatoms. The molecule has 1 amide bonds. The SMILES string of the molecule is Cn1cccc1C(=O)N1CCOC[C@@H]1c1ccn[nH]1. The Morgan fingerprint density at radius 2 is 2.42 bits per heavy atom. The van der Waals surface area contributed by atoms with Crippen LogP contribution in [-0.4, -0.2) is 45.3 Å². The van der Waals surface area contributed by atoms with Gasteiger partial charge in [-0.1, -0.05) is 0 Å². The molecule has 19 heavy (non-hydrogen) atoms. The van der Waals surface area contributed by atoms with Crippen LogP contribution in [0.25, 0.3) is 0 Å². The van der Waals surface area contributed by atoms with Gasteiger partial charge in [-0.15, -0.1) is 0 Å². The Kier molecular flexibility index (Phi) is 3.08. The van der Waals surface area contributed by atoms with E-state index in [0.717, 1.165) is 5.69 Å². The molecule has 2 aromatic heterocycles. The van der Waals surface area contributed by atoms with Gasteiger partial charge in [0, 0.05) is 26.0 Å². The predicted molar refractivity (Wildman–Crippen MR) is 68.6 cm³/mol. The lowest BCUT2D eigenvalue weighted by Crippen LogP contribution is -2.44. The van der Waals surface area contributed by atoms with Crippen LogP contribution in [0.3, 0.4) is 0 Å². The number of ether oxygens (including phenoxy) is 1. The second-order valence-corrected chi connectivity index (χ2v) is 4.61. The van der Waals surface area contributed by atoms with Gasteiger partial charge in [0.15, 0.2) is 0 Å². The number of hydrogen-bond donors (Lipinski definition) is 1. The van der Waals surface area contributed by atoms with Crippen molar-refractivity contribution in [3.63, 3.8) is 0 Å². The number of hydrogen-bond acceptors (Lipinski definition) is 3. The molecule has 1 aliphatic heterocycles. The Hall–Kier alpha value is -2.08. The molecular formula is C13H16N4O2. The zero-order valence-corrected chi connectivity index (χ0v) is 10.7. The first-order valence-corrected chi connectivity index (χ1v) is 6.26. The summed E-state index contributed by atoms with van der Waals surface area (Å²) in [4.78, 5) is 14.4. The van der Waals surface area contributed by atoms with E-state index >= 15 is 0 Å². The quantitative estimate of drug-likeness (QED) is 0.875. The average molecular weight is 260 g/mol. The van der Waals surface area contributed by atoms with Crippen molar-refractivity contribution in [3.8, 4) is 0 Å². The van der Waals surface area contributed by atoms with Crippen LogP contribution in [0.2, 0.25) is 0 Å². The van der Waals surface area contributed by atoms with E-state index in [4.69, 9.17) is 4.74 Å². The molecule has 0 unspecified atom stereocenters. The van der Waals surface area contributed by atoms with Gasteiger partial charge < -0.3 is 14.2 Å². The molecule has 0 aliphatic carbocycles. The molecule has 0 radical (unpaired) electrons. The van der Waals surface area contributed by atoms with Crippen LogP contribution < -0.4 is 0 Å². The summed E-state index contributed by atoms with van der Waals surface area (Å²) in [5, 5.41) is 6.87. The number of amides is 1. The summed E-state index contributed by atoms with van der Waals surface area (Å²) in [5.41, 5.74) is 1.59. The van der Waals surface area contributed by atoms with Crippen LogP contribution in [0.4, 0.5) is 0 Å². The maximum Gasteiger partial charge on any atom is 0.271 e. The number of aromatic amines is 1. The number of carbonyl (C=O) groups is 1. The molecule has 2 aromatic rings. The molecule has 1 N–H and O–H groups in total. The zero-order valence-electron chi connectivity index (χ0n) is 10.7. The molecule has 6 nitrogen and oxygen atoms in total. The fraction of sp³-hybridized carbons (Fsp3) is 0.385. The Morgan fingerprint density at radius 3 is 3.11 bits per heavy atom. The number of rotatable bonds is 2. The highest BCUT2D eigenvalue weighted by Gasteiger charge is 2.31. The van der Waals surface area contributed by atoms with Crippen LogP contribution in [-0.2, 0) is 11.8 Å². The van der Waals surface area contributed by atoms with Crippen LogP contribution in [0.1, 0.15) is 22.2 Å². The Bertz CT molecular complexity index is 561. The Balaban J connectivity index is 1.89. The van der Waals surface area contributed by atoms with E-state index < -0.39 is 0 Å². The van der Waals surface area contributed by atoms with Crippen molar-refractivity contribution >= 4 is 5.91 Å². The number of H-pyrrole nitrogens is 1. The zero-order chi connectivity index (χ0) is 13.2. The summed E-state index contributed by atoms with van der Waals surface area (Å²) in [7, 11) is 1.87. The molecule has 0 bridgehead atoms. The highest BCUT2D eigenvalue weighted by atomic mass is 16.5. The lowest BCUT2D eigenvalue weighted by atomic mass is 10.1. The molecule has 0 saturated carbocycles. The molecule has 0 spiro atoms. The predicted octanol–water partition coefficient (Wildman–Crippen LogP) is 0.962. The Morgan fingerprint density at radius 1 is 1.53 bits per heavy atom. The van der Waals surface area contributed by atoms with Crippen LogP contribution >= 0.6 is 0 Å². The maximum atomic E-state index is 12.6. The highest BCUT2D eigenvalue weighted by molar-refractivity contribution is 5.93. The van der Waals surface area contributed by atoms with Crippen molar-refractivity contribution in [3.05, 3.63) is 42.0 Å². The van der Waals surface area contributed by atoms with E-state index in [1.165, 1.54) is 0 Å². The molecule has 3 heterocycles. The second kappa shape index (κ2) is 4.89. The molecular weight excluding hydrogens is 244 g/mol. The summed E-state index contributed by atoms with van der Waals surface area (Å²) in [6, 6.07) is 5.49. The minimum absolute atomic E-state index is 0.0235. The fourth-order valence-electron chi connectivity index (χ4n) is 2.39. The van der Waals surface area contributed by atoms with Crippen molar-refractivity contribution in [2.45, 2.75) is 6.04 Å². The van der Waals surface area contributed by atoms with Crippen LogP contribution in [0.5, 0.6) is 0 Å². The van der Waals surface area contributed by atoms with Crippen molar-refractivity contribution in [2.75, 3.05) is 19.8 Å². The van der Waals surface area contributed by atoms with E-state index in [-0.39, 0.29) is 11.9 Å². The molecule has 1 saturated heterocycles. The van der Waals surface area contributed by atoms with Gasteiger partial charge in [-0.3, -0.25) is 9.89 Å². The molecule has 3 rings (SSSR count). The van der Waals surface area contributed by atoms with E-state index in [1.807, 2.05) is 40.9 Å². The summed E-state index contributed by atoms with van der Waals surface area (Å²) in [6.45, 7) is 1.66. The van der Waals surface area contributed by atoms with Gasteiger partial charge >= 0.3 is 0 Å². The van der Waals surface area contributed by atoms with Gasteiger partial charge in [-0.2, -0.15) is 5.10 Å². The van der Waals surface area contributed by atoms with Gasteiger partial charge in [0.2, 0.25) is 0 Å². The molecule has 0 aromatic carbocycles. The first kappa shape index (κ1) is 12.0. The number of nitrogens with one attached hydrogen (secondary N) is 1. The van der Waals surface area contributed by atoms with Crippen molar-refractivity contribution in [2.24, 2.45) is 7.05 Å². The lowest BCUT2D eigenvalue weighted by molar-refractivity contribution is -0.00440. The van der Waals surface area contributed by atoms with E-state index in [2.05, 4.69) is 10.2 Å². The highest BCUT2D eigenvalue weighted by Crippen LogP contribution is 2.24. The summed E-state index contributed by atoms with van der Waals surface area (Å²) >= 11 is 0. The van der Waals surface area contributed by atoms with Crippen molar-refractivity contribution in [1.29, 1.82) is 0 Å². The number of carbonyl (C=O) groups excluding carboxylic acids is 1. The Labute approximate surface area is 111 Å². The monoisotopic (exact) mass is 260 g/mol. The topological polar surface area (TPSA) is 63.1 Å². The molecule has 1 fully saturated rings. The van der Waals surface area contributed by atoms with Crippen LogP contribution in [0, 0.1) is 0 Å². The number of aromatic nitrogens is 3. The first-order chi connectivity index (χ1) is 9.27. The maximum absolute atomic E-state index is 12.6. The van der Waals surface area contributed by atoms with Gasteiger partial charge in [-0.25, -0.2) is 0 Å². The number of nitrogens with zero attached hydrogens (tertiary/aromatic N) is 3. The van der Waals surface area contributed by atoms with E-state index in [0.29, 0.717) is 25.5 Å². The lowest BCUT2D eigenvalue weighted by Gasteiger charge is -2.34. The van der Waals surface area contributed by atoms with Crippen LogP contribution in [0.15, 0.2) is 30.6 Å². The van der Waals surface area contributed by atoms with E-state index in [1.54, 1.807) is 6.20 Å². The average Bonchev–Trinajstić information content (AvgIpc) is 3.09. The smallest absolute Gasteiger partial charge is 0.271 e. The standard InChI is InChI=1S/C13H16N4O2/c1-16-6-2-3-11(16)13(18)17-7-8-19-9-12(17)10-4-5-14-15-10/h2-6,12H,7-9H2,1H3,(H,14,15)/t12-/m1/s1. The minimum atomic E-state index is -0.0985. The fourth-order valence-corrected chi connectivity index (χ4v) is 2.39. The van der Waals surface area contributed by atoms with Gasteiger partial charge in [0.25, 0.3) is 5.91 Å².